The Labute approximate surface area is 246 Å². The highest BCUT2D eigenvalue weighted by Crippen LogP contribution is 2.31. The molecule has 0 aliphatic carbocycles. The van der Waals surface area contributed by atoms with E-state index in [2.05, 4.69) is 9.88 Å². The van der Waals surface area contributed by atoms with Crippen molar-refractivity contribution in [3.63, 3.8) is 0 Å². The van der Waals surface area contributed by atoms with Gasteiger partial charge in [-0.1, -0.05) is 23.7 Å². The van der Waals surface area contributed by atoms with Crippen LogP contribution < -0.4 is 4.74 Å². The Morgan fingerprint density at radius 2 is 1.98 bits per heavy atom. The number of pyridine rings is 2. The lowest BCUT2D eigenvalue weighted by atomic mass is 9.93. The second kappa shape index (κ2) is 12.0. The summed E-state index contributed by atoms with van der Waals surface area (Å²) in [7, 11) is 0. The fourth-order valence-corrected chi connectivity index (χ4v) is 5.64. The molecule has 12 heteroatoms. The summed E-state index contributed by atoms with van der Waals surface area (Å²) in [6.07, 6.45) is 2.77. The maximum absolute atomic E-state index is 14.2. The number of benzene rings is 1. The van der Waals surface area contributed by atoms with Gasteiger partial charge in [-0.2, -0.15) is 5.26 Å². The molecule has 6 rings (SSSR count). The maximum atomic E-state index is 14.2. The van der Waals surface area contributed by atoms with Crippen LogP contribution in [0, 0.1) is 17.1 Å². The molecule has 4 aromatic rings. The minimum absolute atomic E-state index is 0.0207. The molecular weight excluding hydrogens is 563 g/mol. The molecule has 0 spiro atoms. The lowest BCUT2D eigenvalue weighted by Crippen LogP contribution is -2.35. The third kappa shape index (κ3) is 5.92. The number of fused-ring (bicyclic) bond motifs is 1. The topological polar surface area (TPSA) is 126 Å². The molecule has 1 aromatic carbocycles. The van der Waals surface area contributed by atoms with Gasteiger partial charge in [0.25, 0.3) is 0 Å². The Kier molecular flexibility index (Phi) is 8.02. The summed E-state index contributed by atoms with van der Waals surface area (Å²) in [5, 5.41) is 18.5. The van der Waals surface area contributed by atoms with Crippen LogP contribution in [0.15, 0.2) is 42.5 Å². The van der Waals surface area contributed by atoms with E-state index < -0.39 is 11.8 Å². The molecule has 5 heterocycles. The van der Waals surface area contributed by atoms with Crippen molar-refractivity contribution >= 4 is 28.6 Å². The molecule has 2 fully saturated rings. The van der Waals surface area contributed by atoms with E-state index >= 15 is 0 Å². The first-order chi connectivity index (χ1) is 20.4. The summed E-state index contributed by atoms with van der Waals surface area (Å²) in [5.74, 6) is -0.146. The van der Waals surface area contributed by atoms with Crippen molar-refractivity contribution in [1.29, 1.82) is 5.26 Å². The van der Waals surface area contributed by atoms with Gasteiger partial charge < -0.3 is 19.1 Å². The number of imidazole rings is 1. The predicted molar refractivity (Wildman–Crippen MR) is 151 cm³/mol. The van der Waals surface area contributed by atoms with Gasteiger partial charge in [0.15, 0.2) is 10.8 Å². The van der Waals surface area contributed by atoms with Gasteiger partial charge >= 0.3 is 5.97 Å². The van der Waals surface area contributed by atoms with Crippen molar-refractivity contribution in [2.75, 3.05) is 19.7 Å². The number of likely N-dealkylation sites (tertiary alicyclic amines) is 1. The van der Waals surface area contributed by atoms with E-state index in [1.165, 1.54) is 12.1 Å². The van der Waals surface area contributed by atoms with E-state index in [1.54, 1.807) is 18.2 Å². The highest BCUT2D eigenvalue weighted by atomic mass is 35.5. The minimum Gasteiger partial charge on any atom is -0.477 e. The largest absolute Gasteiger partial charge is 0.477 e. The molecule has 2 aliphatic rings. The second-order valence-electron chi connectivity index (χ2n) is 10.5. The smallest absolute Gasteiger partial charge is 0.354 e. The van der Waals surface area contributed by atoms with Crippen LogP contribution in [0.3, 0.4) is 0 Å². The van der Waals surface area contributed by atoms with Crippen molar-refractivity contribution in [1.82, 2.24) is 24.4 Å². The lowest BCUT2D eigenvalue weighted by Gasteiger charge is -2.32. The monoisotopic (exact) mass is 590 g/mol. The van der Waals surface area contributed by atoms with Crippen LogP contribution in [0.25, 0.3) is 11.0 Å². The van der Waals surface area contributed by atoms with E-state index in [0.717, 1.165) is 50.5 Å². The van der Waals surface area contributed by atoms with Crippen LogP contribution in [-0.4, -0.2) is 61.3 Å². The lowest BCUT2D eigenvalue weighted by molar-refractivity contribution is -0.0592. The Balaban J connectivity index is 1.12. The fraction of sp³-hybridized carbons (Fsp3) is 0.367. The van der Waals surface area contributed by atoms with Gasteiger partial charge in [-0.3, -0.25) is 4.90 Å². The number of carboxylic acid groups (broad SMARTS) is 1. The molecule has 216 valence electrons. The van der Waals surface area contributed by atoms with E-state index in [9.17, 15) is 14.3 Å². The summed E-state index contributed by atoms with van der Waals surface area (Å²) in [4.78, 5) is 27.4. The van der Waals surface area contributed by atoms with Crippen LogP contribution in [0.1, 0.15) is 58.3 Å². The Morgan fingerprint density at radius 1 is 1.17 bits per heavy atom. The Hall–Kier alpha value is -4.11. The zero-order valence-electron chi connectivity index (χ0n) is 22.7. The molecule has 0 saturated carbocycles. The number of carboxylic acids is 1. The molecule has 1 atom stereocenters. The summed E-state index contributed by atoms with van der Waals surface area (Å²) in [5.41, 5.74) is 2.58. The molecule has 0 unspecified atom stereocenters. The van der Waals surface area contributed by atoms with Crippen LogP contribution in [0.4, 0.5) is 4.39 Å². The summed E-state index contributed by atoms with van der Waals surface area (Å²) >= 11 is 6.35. The number of aromatic nitrogens is 4. The third-order valence-electron chi connectivity index (χ3n) is 7.85. The number of nitrogens with zero attached hydrogens (tertiary/aromatic N) is 6. The molecule has 2 aliphatic heterocycles. The maximum Gasteiger partial charge on any atom is 0.354 e. The number of piperidine rings is 1. The first-order valence-electron chi connectivity index (χ1n) is 13.8. The normalized spacial score (nSPS) is 17.6. The highest BCUT2D eigenvalue weighted by molar-refractivity contribution is 6.33. The number of nitriles is 1. The zero-order valence-corrected chi connectivity index (χ0v) is 23.4. The van der Waals surface area contributed by atoms with Gasteiger partial charge in [-0.25, -0.2) is 24.1 Å². The van der Waals surface area contributed by atoms with Gasteiger partial charge in [0.1, 0.15) is 23.8 Å². The van der Waals surface area contributed by atoms with Crippen molar-refractivity contribution in [3.8, 4) is 11.9 Å². The SMILES string of the molecule is N#Cc1ccc(COc2cccc(C3CCN(Cc4nc5c(Cl)nc(C(=O)O)cc5n4C[C@@H]4CCO4)CC3)n2)c(F)c1. The summed E-state index contributed by atoms with van der Waals surface area (Å²) in [6.45, 7) is 3.54. The minimum atomic E-state index is -1.14. The van der Waals surface area contributed by atoms with Gasteiger partial charge in [0.2, 0.25) is 5.88 Å². The van der Waals surface area contributed by atoms with Crippen LogP contribution in [-0.2, 0) is 24.4 Å². The van der Waals surface area contributed by atoms with Gasteiger partial charge in [0, 0.05) is 29.8 Å². The van der Waals surface area contributed by atoms with Crippen molar-refractivity contribution in [2.45, 2.75) is 51.0 Å². The number of rotatable bonds is 9. The van der Waals surface area contributed by atoms with Gasteiger partial charge in [0.05, 0.1) is 36.3 Å². The van der Waals surface area contributed by atoms with Crippen LogP contribution in [0.5, 0.6) is 5.88 Å². The molecule has 0 amide bonds. The van der Waals surface area contributed by atoms with Gasteiger partial charge in [-0.15, -0.1) is 0 Å². The molecule has 2 saturated heterocycles. The number of ether oxygens (including phenoxy) is 2. The molecule has 0 bridgehead atoms. The van der Waals surface area contributed by atoms with E-state index in [4.69, 9.17) is 36.3 Å². The highest BCUT2D eigenvalue weighted by Gasteiger charge is 2.27. The predicted octanol–water partition coefficient (Wildman–Crippen LogP) is 4.94. The molecule has 10 nitrogen and oxygen atoms in total. The van der Waals surface area contributed by atoms with Crippen molar-refractivity contribution in [2.24, 2.45) is 0 Å². The van der Waals surface area contributed by atoms with Crippen molar-refractivity contribution < 1.29 is 23.8 Å². The Morgan fingerprint density at radius 3 is 2.67 bits per heavy atom. The molecule has 0 radical (unpaired) electrons. The van der Waals surface area contributed by atoms with Crippen LogP contribution in [0.2, 0.25) is 5.15 Å². The first kappa shape index (κ1) is 28.0. The number of hydrogen-bond acceptors (Lipinski definition) is 8. The second-order valence-corrected chi connectivity index (χ2v) is 10.9. The third-order valence-corrected chi connectivity index (χ3v) is 8.11. The molecule has 3 aromatic heterocycles. The Bertz CT molecular complexity index is 1680. The average Bonchev–Trinajstić information content (AvgIpc) is 3.31. The first-order valence-corrected chi connectivity index (χ1v) is 14.2. The van der Waals surface area contributed by atoms with E-state index in [0.29, 0.717) is 35.6 Å². The zero-order chi connectivity index (χ0) is 29.2. The van der Waals surface area contributed by atoms with E-state index in [1.807, 2.05) is 22.8 Å². The number of carbonyl (C=O) groups is 1. The standard InChI is InChI=1S/C30H28ClFN6O4/c31-29-28-25(13-24(35-29)30(39)40)38(15-21-8-11-41-21)26(36-28)16-37-9-6-19(7-10-37)23-2-1-3-27(34-23)42-17-20-5-4-18(14-33)12-22(20)32/h1-5,12-13,19,21H,6-11,15-17H2,(H,39,40)/t21-/m0/s1. The summed E-state index contributed by atoms with van der Waals surface area (Å²) in [6, 6.07) is 13.4. The molecule has 1 N–H and O–H groups in total. The number of halogens is 2. The quantitative estimate of drug-likeness (QED) is 0.270. The number of aromatic carboxylic acids is 1. The van der Waals surface area contributed by atoms with E-state index in [-0.39, 0.29) is 35.0 Å². The van der Waals surface area contributed by atoms with Gasteiger partial charge in [-0.05, 0) is 56.6 Å². The van der Waals surface area contributed by atoms with Crippen molar-refractivity contribution in [3.05, 3.63) is 81.8 Å². The fourth-order valence-electron chi connectivity index (χ4n) is 5.41. The van der Waals surface area contributed by atoms with Crippen LogP contribution >= 0.6 is 11.6 Å². The summed E-state index contributed by atoms with van der Waals surface area (Å²) < 4.78 is 27.7. The molecular formula is C30H28ClFN6O4. The number of hydrogen-bond donors (Lipinski definition) is 1. The molecule has 42 heavy (non-hydrogen) atoms. The average molecular weight is 591 g/mol.